The Labute approximate surface area is 125 Å². The first-order chi connectivity index (χ1) is 10.0. The summed E-state index contributed by atoms with van der Waals surface area (Å²) >= 11 is 0. The fraction of sp³-hybridized carbons (Fsp3) is 0.375. The van der Waals surface area contributed by atoms with Crippen LogP contribution in [0, 0.1) is 0 Å². The molecule has 2 amide bonds. The van der Waals surface area contributed by atoms with Crippen LogP contribution in [-0.2, 0) is 4.79 Å². The van der Waals surface area contributed by atoms with Gasteiger partial charge in [0.2, 0.25) is 5.91 Å². The van der Waals surface area contributed by atoms with E-state index in [0.717, 1.165) is 17.7 Å². The van der Waals surface area contributed by atoms with Crippen LogP contribution in [0.5, 0.6) is 0 Å². The van der Waals surface area contributed by atoms with E-state index in [-0.39, 0.29) is 17.9 Å². The minimum absolute atomic E-state index is 0.00741. The van der Waals surface area contributed by atoms with Crippen molar-refractivity contribution in [3.05, 3.63) is 47.5 Å². The highest BCUT2D eigenvalue weighted by molar-refractivity contribution is 5.99. The highest BCUT2D eigenvalue weighted by atomic mass is 16.2. The summed E-state index contributed by atoms with van der Waals surface area (Å²) in [6.07, 6.45) is 3.34. The molecule has 1 aromatic rings. The quantitative estimate of drug-likeness (QED) is 0.824. The second-order valence-corrected chi connectivity index (χ2v) is 5.43. The smallest absolute Gasteiger partial charge is 0.254 e. The minimum Gasteiger partial charge on any atom is -0.350 e. The molecule has 1 aromatic carbocycles. The third-order valence-corrected chi connectivity index (χ3v) is 3.55. The molecule has 112 valence electrons. The second-order valence-electron chi connectivity index (χ2n) is 5.43. The first-order valence-corrected chi connectivity index (χ1v) is 6.96. The minimum atomic E-state index is -0.137. The summed E-state index contributed by atoms with van der Waals surface area (Å²) < 4.78 is 0. The zero-order chi connectivity index (χ0) is 15.4. The number of amides is 2. The highest BCUT2D eigenvalue weighted by Crippen LogP contribution is 2.31. The summed E-state index contributed by atoms with van der Waals surface area (Å²) in [5.41, 5.74) is 1.70. The van der Waals surface area contributed by atoms with Gasteiger partial charge in [-0.1, -0.05) is 24.3 Å². The summed E-state index contributed by atoms with van der Waals surface area (Å²) in [4.78, 5) is 27.5. The molecule has 0 spiro atoms. The fourth-order valence-electron chi connectivity index (χ4n) is 2.40. The summed E-state index contributed by atoms with van der Waals surface area (Å²) in [5.74, 6) is -0.130. The van der Waals surface area contributed by atoms with Crippen molar-refractivity contribution in [2.24, 2.45) is 0 Å². The molecule has 0 radical (unpaired) electrons. The van der Waals surface area contributed by atoms with Gasteiger partial charge in [-0.25, -0.2) is 0 Å². The number of benzene rings is 1. The number of fused-ring (bicyclic) bond motifs is 1. The van der Waals surface area contributed by atoms with Gasteiger partial charge in [-0.05, 0) is 25.7 Å². The lowest BCUT2D eigenvalue weighted by Crippen LogP contribution is -2.34. The van der Waals surface area contributed by atoms with Gasteiger partial charge in [0.25, 0.3) is 5.91 Å². The van der Waals surface area contributed by atoms with Crippen molar-refractivity contribution in [3.63, 3.8) is 0 Å². The summed E-state index contributed by atoms with van der Waals surface area (Å²) in [6.45, 7) is 1.14. The van der Waals surface area contributed by atoms with Crippen molar-refractivity contribution in [3.8, 4) is 0 Å². The molecule has 1 heterocycles. The Morgan fingerprint density at radius 3 is 2.81 bits per heavy atom. The van der Waals surface area contributed by atoms with Gasteiger partial charge in [0.05, 0.1) is 6.04 Å². The van der Waals surface area contributed by atoms with Gasteiger partial charge in [0.1, 0.15) is 0 Å². The topological polar surface area (TPSA) is 52.7 Å². The lowest BCUT2D eigenvalue weighted by Gasteiger charge is -2.20. The molecule has 5 heteroatoms. The molecule has 1 atom stereocenters. The van der Waals surface area contributed by atoms with E-state index in [2.05, 4.69) is 5.32 Å². The molecule has 0 bridgehead atoms. The molecular weight excluding hydrogens is 266 g/mol. The van der Waals surface area contributed by atoms with Crippen LogP contribution in [0.25, 0.3) is 0 Å². The van der Waals surface area contributed by atoms with Crippen molar-refractivity contribution in [1.29, 1.82) is 0 Å². The van der Waals surface area contributed by atoms with Gasteiger partial charge in [-0.3, -0.25) is 9.59 Å². The number of rotatable bonds is 5. The third-order valence-electron chi connectivity index (χ3n) is 3.55. The molecule has 0 saturated carbocycles. The molecule has 2 rings (SSSR count). The Bertz CT molecular complexity index is 566. The lowest BCUT2D eigenvalue weighted by atomic mass is 10.0. The summed E-state index contributed by atoms with van der Waals surface area (Å²) in [7, 11) is 5.65. The molecule has 1 unspecified atom stereocenters. The van der Waals surface area contributed by atoms with E-state index in [1.165, 1.54) is 6.08 Å². The average molecular weight is 287 g/mol. The van der Waals surface area contributed by atoms with Crippen LogP contribution in [-0.4, -0.2) is 55.8 Å². The van der Waals surface area contributed by atoms with Gasteiger partial charge in [0, 0.05) is 31.8 Å². The van der Waals surface area contributed by atoms with E-state index < -0.39 is 0 Å². The van der Waals surface area contributed by atoms with Crippen molar-refractivity contribution in [1.82, 2.24) is 15.1 Å². The number of nitrogens with one attached hydrogen (secondary N) is 1. The van der Waals surface area contributed by atoms with E-state index in [4.69, 9.17) is 0 Å². The fourth-order valence-corrected chi connectivity index (χ4v) is 2.40. The Morgan fingerprint density at radius 1 is 1.38 bits per heavy atom. The molecule has 0 aliphatic carbocycles. The molecule has 5 nitrogen and oxygen atoms in total. The first kappa shape index (κ1) is 15.3. The lowest BCUT2D eigenvalue weighted by molar-refractivity contribution is -0.116. The number of hydrogen-bond acceptors (Lipinski definition) is 3. The van der Waals surface area contributed by atoms with Crippen LogP contribution >= 0.6 is 0 Å². The Balaban J connectivity index is 1.96. The SMILES string of the molecule is CN(C)C/C=C/C(=O)NCC1c2ccccc2C(=O)N1C. The monoisotopic (exact) mass is 287 g/mol. The molecule has 0 aromatic heterocycles. The molecule has 1 aliphatic rings. The van der Waals surface area contributed by atoms with Crippen LogP contribution in [0.15, 0.2) is 36.4 Å². The van der Waals surface area contributed by atoms with E-state index in [1.54, 1.807) is 11.9 Å². The predicted octanol–water partition coefficient (Wildman–Crippen LogP) is 1.05. The molecule has 21 heavy (non-hydrogen) atoms. The number of nitrogens with zero attached hydrogens (tertiary/aromatic N) is 2. The zero-order valence-corrected chi connectivity index (χ0v) is 12.7. The molecule has 0 saturated heterocycles. The van der Waals surface area contributed by atoms with Gasteiger partial charge < -0.3 is 15.1 Å². The normalized spacial score (nSPS) is 17.6. The number of likely N-dealkylation sites (N-methyl/N-ethyl adjacent to an activating group) is 2. The van der Waals surface area contributed by atoms with Crippen LogP contribution in [0.3, 0.4) is 0 Å². The maximum atomic E-state index is 12.1. The van der Waals surface area contributed by atoms with Crippen LogP contribution < -0.4 is 5.32 Å². The predicted molar refractivity (Wildman–Crippen MR) is 82.0 cm³/mol. The van der Waals surface area contributed by atoms with Gasteiger partial charge >= 0.3 is 0 Å². The van der Waals surface area contributed by atoms with Gasteiger partial charge in [-0.15, -0.1) is 0 Å². The number of carbonyl (C=O) groups is 2. The average Bonchev–Trinajstić information content (AvgIpc) is 2.69. The Morgan fingerprint density at radius 2 is 2.10 bits per heavy atom. The number of carbonyl (C=O) groups excluding carboxylic acids is 2. The Hall–Kier alpha value is -2.14. The zero-order valence-electron chi connectivity index (χ0n) is 12.7. The third kappa shape index (κ3) is 3.49. The van der Waals surface area contributed by atoms with E-state index in [0.29, 0.717) is 6.54 Å². The van der Waals surface area contributed by atoms with Gasteiger partial charge in [-0.2, -0.15) is 0 Å². The molecule has 0 fully saturated rings. The second kappa shape index (κ2) is 6.54. The van der Waals surface area contributed by atoms with Crippen LogP contribution in [0.1, 0.15) is 22.0 Å². The van der Waals surface area contributed by atoms with Crippen molar-refractivity contribution in [2.75, 3.05) is 34.2 Å². The molecule has 1 N–H and O–H groups in total. The van der Waals surface area contributed by atoms with E-state index in [1.807, 2.05) is 49.3 Å². The maximum Gasteiger partial charge on any atom is 0.254 e. The summed E-state index contributed by atoms with van der Waals surface area (Å²) in [5, 5.41) is 2.85. The maximum absolute atomic E-state index is 12.1. The molecular formula is C16H21N3O2. The van der Waals surface area contributed by atoms with Crippen LogP contribution in [0.2, 0.25) is 0 Å². The largest absolute Gasteiger partial charge is 0.350 e. The first-order valence-electron chi connectivity index (χ1n) is 6.96. The van der Waals surface area contributed by atoms with Crippen molar-refractivity contribution >= 4 is 11.8 Å². The van der Waals surface area contributed by atoms with Crippen molar-refractivity contribution in [2.45, 2.75) is 6.04 Å². The van der Waals surface area contributed by atoms with Gasteiger partial charge in [0.15, 0.2) is 0 Å². The highest BCUT2D eigenvalue weighted by Gasteiger charge is 2.33. The van der Waals surface area contributed by atoms with E-state index >= 15 is 0 Å². The van der Waals surface area contributed by atoms with E-state index in [9.17, 15) is 9.59 Å². The Kier molecular flexibility index (Phi) is 4.75. The summed E-state index contributed by atoms with van der Waals surface area (Å²) in [6, 6.07) is 7.44. The van der Waals surface area contributed by atoms with Crippen LogP contribution in [0.4, 0.5) is 0 Å². The van der Waals surface area contributed by atoms with Crippen molar-refractivity contribution < 1.29 is 9.59 Å². The molecule has 1 aliphatic heterocycles. The standard InChI is InChI=1S/C16H21N3O2/c1-18(2)10-6-9-15(20)17-11-14-12-7-4-5-8-13(12)16(21)19(14)3/h4-9,14H,10-11H2,1-3H3,(H,17,20)/b9-6+. The number of hydrogen-bond donors (Lipinski definition) is 1.